The molecule has 0 radical (unpaired) electrons. The van der Waals surface area contributed by atoms with Crippen molar-refractivity contribution in [2.45, 2.75) is 113 Å². The number of aliphatic hydroxyl groups is 2. The van der Waals surface area contributed by atoms with Gasteiger partial charge < -0.3 is 69.0 Å². The smallest absolute Gasteiger partial charge is 0.329 e. The molecule has 0 spiro atoms. The summed E-state index contributed by atoms with van der Waals surface area (Å²) in [6, 6.07) is 14.9. The van der Waals surface area contributed by atoms with Crippen molar-refractivity contribution >= 4 is 73.9 Å². The van der Waals surface area contributed by atoms with Gasteiger partial charge in [0.15, 0.2) is 0 Å². The monoisotopic (exact) mass is 1020 g/mol. The van der Waals surface area contributed by atoms with Gasteiger partial charge >= 0.3 is 5.97 Å². The third kappa shape index (κ3) is 17.1. The van der Waals surface area contributed by atoms with E-state index < -0.39 is 109 Å². The fraction of sp³-hybridized carbons (Fsp3) is 0.449. The van der Waals surface area contributed by atoms with Gasteiger partial charge in [-0.25, -0.2) is 4.79 Å². The molecule has 5 rings (SSSR count). The van der Waals surface area contributed by atoms with Crippen LogP contribution < -0.4 is 49.1 Å². The molecule has 71 heavy (non-hydrogen) atoms. The molecule has 1 aliphatic heterocycles. The first-order chi connectivity index (χ1) is 34.1. The Kier molecular flexibility index (Phi) is 22.2. The highest BCUT2D eigenvalue weighted by atomic mass is 33.1. The van der Waals surface area contributed by atoms with Gasteiger partial charge in [-0.3, -0.25) is 28.8 Å². The second-order valence-corrected chi connectivity index (χ2v) is 20.0. The summed E-state index contributed by atoms with van der Waals surface area (Å²) in [6.45, 7) is 2.40. The van der Waals surface area contributed by atoms with E-state index in [2.05, 4.69) is 36.9 Å². The van der Waals surface area contributed by atoms with E-state index in [0.29, 0.717) is 24.0 Å². The van der Waals surface area contributed by atoms with Crippen molar-refractivity contribution in [3.05, 3.63) is 108 Å². The molecule has 1 aromatic heterocycles. The minimum atomic E-state index is -1.67. The largest absolute Gasteiger partial charge is 0.457 e. The number of amides is 6. The Hall–Kier alpha value is -6.01. The van der Waals surface area contributed by atoms with E-state index in [9.17, 15) is 43.8 Å². The van der Waals surface area contributed by atoms with Crippen LogP contribution in [-0.4, -0.2) is 142 Å². The van der Waals surface area contributed by atoms with E-state index in [0.717, 1.165) is 38.1 Å². The third-order valence-corrected chi connectivity index (χ3v) is 14.2. The fourth-order valence-electron chi connectivity index (χ4n) is 7.65. The van der Waals surface area contributed by atoms with Crippen LogP contribution in [0.15, 0.2) is 91.1 Å². The molecule has 0 aliphatic carbocycles. The molecule has 15 N–H and O–H groups in total. The van der Waals surface area contributed by atoms with Gasteiger partial charge in [-0.1, -0.05) is 100 Å². The minimum absolute atomic E-state index is 0.0358. The van der Waals surface area contributed by atoms with Crippen LogP contribution in [-0.2, 0) is 57.6 Å². The predicted octanol–water partition coefficient (Wildman–Crippen LogP) is -0.412. The molecule has 0 unspecified atom stereocenters. The number of esters is 1. The number of ether oxygens (including phenoxy) is 1. The summed E-state index contributed by atoms with van der Waals surface area (Å²) < 4.78 is 5.49. The number of nitrogens with two attached hydrogens (primary N) is 3. The number of hydrogen-bond donors (Lipinski definition) is 12. The highest BCUT2D eigenvalue weighted by Gasteiger charge is 2.37. The summed E-state index contributed by atoms with van der Waals surface area (Å²) in [4.78, 5) is 103. The Morgan fingerprint density at radius 3 is 1.97 bits per heavy atom. The second kappa shape index (κ2) is 28.1. The van der Waals surface area contributed by atoms with Crippen molar-refractivity contribution in [2.75, 3.05) is 24.7 Å². The van der Waals surface area contributed by atoms with E-state index in [1.54, 1.807) is 48.7 Å². The Morgan fingerprint density at radius 2 is 1.32 bits per heavy atom. The van der Waals surface area contributed by atoms with E-state index in [4.69, 9.17) is 21.9 Å². The third-order valence-electron chi connectivity index (χ3n) is 11.7. The number of aromatic nitrogens is 1. The van der Waals surface area contributed by atoms with Crippen molar-refractivity contribution in [1.82, 2.24) is 36.9 Å². The number of aromatic amines is 1. The molecular formula is C49H66N10O10S2. The summed E-state index contributed by atoms with van der Waals surface area (Å²) in [7, 11) is 2.05. The lowest BCUT2D eigenvalue weighted by atomic mass is 10.0. The van der Waals surface area contributed by atoms with Gasteiger partial charge in [0.05, 0.1) is 18.8 Å². The van der Waals surface area contributed by atoms with Gasteiger partial charge in [0.2, 0.25) is 35.4 Å². The lowest BCUT2D eigenvalue weighted by Gasteiger charge is -2.29. The maximum atomic E-state index is 14.7. The number of benzene rings is 3. The molecule has 20 nitrogen and oxygen atoms in total. The summed E-state index contributed by atoms with van der Waals surface area (Å²) >= 11 is 0. The fourth-order valence-corrected chi connectivity index (χ4v) is 9.97. The van der Waals surface area contributed by atoms with Crippen LogP contribution in [0.5, 0.6) is 0 Å². The van der Waals surface area contributed by atoms with Crippen molar-refractivity contribution in [1.29, 1.82) is 0 Å². The molecule has 3 aromatic carbocycles. The first kappa shape index (κ1) is 55.9. The van der Waals surface area contributed by atoms with Gasteiger partial charge in [-0.15, -0.1) is 0 Å². The molecule has 1 saturated heterocycles. The summed E-state index contributed by atoms with van der Waals surface area (Å²) in [5.74, 6) is -6.20. The first-order valence-corrected chi connectivity index (χ1v) is 26.0. The lowest BCUT2D eigenvalue weighted by Crippen LogP contribution is -2.62. The topological polar surface area (TPSA) is 335 Å². The molecule has 2 heterocycles. The molecule has 0 bridgehead atoms. The lowest BCUT2D eigenvalue weighted by molar-refractivity contribution is -0.155. The first-order valence-electron chi connectivity index (χ1n) is 23.5. The zero-order valence-corrected chi connectivity index (χ0v) is 41.3. The van der Waals surface area contributed by atoms with Crippen LogP contribution in [0, 0.1) is 0 Å². The van der Waals surface area contributed by atoms with Crippen molar-refractivity contribution in [3.8, 4) is 0 Å². The number of unbranched alkanes of at least 4 members (excludes halogenated alkanes) is 1. The highest BCUT2D eigenvalue weighted by Crippen LogP contribution is 2.25. The van der Waals surface area contributed by atoms with E-state index in [-0.39, 0.29) is 43.7 Å². The van der Waals surface area contributed by atoms with Crippen LogP contribution in [0.1, 0.15) is 49.8 Å². The maximum absolute atomic E-state index is 14.7. The Balaban J connectivity index is 1.56. The molecular weight excluding hydrogens is 953 g/mol. The van der Waals surface area contributed by atoms with E-state index in [1.807, 2.05) is 42.5 Å². The van der Waals surface area contributed by atoms with Crippen molar-refractivity contribution < 1.29 is 48.5 Å². The zero-order chi connectivity index (χ0) is 51.5. The normalized spacial score (nSPS) is 22.8. The van der Waals surface area contributed by atoms with Crippen LogP contribution in [0.2, 0.25) is 0 Å². The summed E-state index contributed by atoms with van der Waals surface area (Å²) in [5.41, 5.74) is 20.9. The Labute approximate surface area is 420 Å². The Morgan fingerprint density at radius 1 is 0.732 bits per heavy atom. The maximum Gasteiger partial charge on any atom is 0.329 e. The minimum Gasteiger partial charge on any atom is -0.457 e. The van der Waals surface area contributed by atoms with Crippen LogP contribution in [0.4, 0.5) is 0 Å². The van der Waals surface area contributed by atoms with Crippen LogP contribution >= 0.6 is 21.6 Å². The second-order valence-electron chi connectivity index (χ2n) is 17.5. The number of fused-ring (bicyclic) bond motifs is 1. The molecule has 1 aliphatic rings. The number of hydrogen-bond acceptors (Lipinski definition) is 15. The van der Waals surface area contributed by atoms with Crippen molar-refractivity contribution in [2.24, 2.45) is 17.2 Å². The van der Waals surface area contributed by atoms with Gasteiger partial charge in [-0.2, -0.15) is 0 Å². The molecule has 6 amide bonds. The van der Waals surface area contributed by atoms with E-state index in [1.165, 1.54) is 13.8 Å². The quantitative estimate of drug-likeness (QED) is 0.0364. The zero-order valence-electron chi connectivity index (χ0n) is 39.7. The number of rotatable bonds is 17. The van der Waals surface area contributed by atoms with Gasteiger partial charge in [0.1, 0.15) is 42.4 Å². The number of para-hydroxylation sites is 1. The predicted molar refractivity (Wildman–Crippen MR) is 272 cm³/mol. The average Bonchev–Trinajstić information content (AvgIpc) is 3.76. The molecule has 4 aromatic rings. The summed E-state index contributed by atoms with van der Waals surface area (Å²) in [5, 5.41) is 37.8. The highest BCUT2D eigenvalue weighted by molar-refractivity contribution is 8.76. The molecule has 0 saturated carbocycles. The SMILES string of the molecule is C[C@@H](N)[C@@H](CO)OC(=O)[C@@H]1CSSC[C@H](NC(=O)[C@H](N)Cc2ccccc2)C(=O)N[C@@H](Cc2ccccc2)C(=O)N[C@H](Cc2c[nH]c3ccccc23)C(=O)N[C@@H](CCCCN)C(=O)N[C@@H]([C@@H](C)O)C(=O)N1. The van der Waals surface area contributed by atoms with Crippen LogP contribution in [0.3, 0.4) is 0 Å². The summed E-state index contributed by atoms with van der Waals surface area (Å²) in [6.07, 6.45) is -0.105. The molecule has 1 fully saturated rings. The van der Waals surface area contributed by atoms with Crippen molar-refractivity contribution in [3.63, 3.8) is 0 Å². The number of H-pyrrole nitrogens is 1. The van der Waals surface area contributed by atoms with Gasteiger partial charge in [0.25, 0.3) is 0 Å². The Bertz CT molecular complexity index is 2400. The standard InChI is InChI=1S/C49H66N10O10S2/c1-28(51)41(25-60)69-49(68)40-27-71-70-26-39(57-43(62)34(52)21-30-13-5-3-6-14-30)47(66)55-37(22-31-15-7-4-8-16-31)45(64)56-38(23-32-24-53-35-18-10-9-17-33(32)35)46(65)54-36(19-11-12-20-50)44(63)59-42(29(2)61)48(67)58-40/h3-10,13-18,24,28-29,34,36-42,53,60-61H,11-12,19-23,25-27,50-52H2,1-2H3,(H,54,65)(H,55,66)(H,56,64)(H,57,62)(H,58,67)(H,59,63)/t28-,29-,34-,36+,37+,38-,39+,40+,41-,42+/m1/s1. The number of nitrogens with one attached hydrogen (secondary N) is 7. The van der Waals surface area contributed by atoms with Gasteiger partial charge in [-0.05, 0) is 68.8 Å². The number of aliphatic hydroxyl groups excluding tert-OH is 2. The molecule has 10 atom stereocenters. The number of carbonyl (C=O) groups is 7. The van der Waals surface area contributed by atoms with Gasteiger partial charge in [0, 0.05) is 47.5 Å². The molecule has 384 valence electrons. The van der Waals surface area contributed by atoms with E-state index >= 15 is 0 Å². The average molecular weight is 1020 g/mol. The molecule has 22 heteroatoms. The van der Waals surface area contributed by atoms with Crippen LogP contribution in [0.25, 0.3) is 10.9 Å². The number of carbonyl (C=O) groups excluding carboxylic acids is 7.